The molecule has 0 amide bonds. The van der Waals surface area contributed by atoms with Gasteiger partial charge in [-0.2, -0.15) is 0 Å². The number of methoxy groups -OCH3 is 1. The maximum Gasteiger partial charge on any atom is 0.338 e. The largest absolute Gasteiger partial charge is 0.493 e. The van der Waals surface area contributed by atoms with Gasteiger partial charge in [-0.3, -0.25) is 9.36 Å². The Labute approximate surface area is 297 Å². The first-order valence-electron chi connectivity index (χ1n) is 15.9. The van der Waals surface area contributed by atoms with Crippen LogP contribution in [-0.2, 0) is 20.9 Å². The highest BCUT2D eigenvalue weighted by atomic mass is 35.5. The van der Waals surface area contributed by atoms with Gasteiger partial charge in [-0.05, 0) is 73.0 Å². The number of nitrogens with zero attached hydrogens (tertiary/aromatic N) is 2. The molecular formula is C39H33ClN2O7S. The van der Waals surface area contributed by atoms with Crippen molar-refractivity contribution in [3.8, 4) is 11.5 Å². The molecule has 0 N–H and O–H groups in total. The first-order chi connectivity index (χ1) is 24.3. The maximum atomic E-state index is 14.2. The highest BCUT2D eigenvalue weighted by Gasteiger charge is 2.35. The highest BCUT2D eigenvalue weighted by molar-refractivity contribution is 7.07. The quantitative estimate of drug-likeness (QED) is 0.147. The molecule has 5 aromatic rings. The molecule has 0 radical (unpaired) electrons. The lowest BCUT2D eigenvalue weighted by Crippen LogP contribution is -2.40. The molecule has 0 fully saturated rings. The number of hydrogen-bond acceptors (Lipinski definition) is 9. The maximum absolute atomic E-state index is 14.2. The van der Waals surface area contributed by atoms with Gasteiger partial charge in [0.2, 0.25) is 0 Å². The standard InChI is InChI=1S/C39H33ClN2O7S/c1-4-47-37(44)28-14-11-24(12-15-28)23-49-30-20-13-25(21-31(30)46-3)22-32-36(43)42-35(27-16-18-29(40)19-17-27)33(38(45)48-5-2)34(41-39(42)50-32)26-9-7-6-8-10-26/h6-22,35H,4-5,23H2,1-3H3/b32-22-/t35-/m1/s1. The Morgan fingerprint density at radius 2 is 1.58 bits per heavy atom. The molecule has 4 aromatic carbocycles. The molecule has 1 aromatic heterocycles. The van der Waals surface area contributed by atoms with E-state index in [1.807, 2.05) is 36.4 Å². The Morgan fingerprint density at radius 1 is 0.880 bits per heavy atom. The summed E-state index contributed by atoms with van der Waals surface area (Å²) in [5, 5.41) is 0.527. The second-order valence-corrected chi connectivity index (χ2v) is 12.5. The molecular weight excluding hydrogens is 676 g/mol. The molecule has 6 rings (SSSR count). The van der Waals surface area contributed by atoms with Crippen molar-refractivity contribution in [2.75, 3.05) is 20.3 Å². The van der Waals surface area contributed by atoms with Crippen LogP contribution < -0.4 is 24.4 Å². The average Bonchev–Trinajstić information content (AvgIpc) is 3.45. The smallest absolute Gasteiger partial charge is 0.338 e. The summed E-state index contributed by atoms with van der Waals surface area (Å²) in [4.78, 5) is 45.1. The van der Waals surface area contributed by atoms with E-state index in [1.165, 1.54) is 11.3 Å². The summed E-state index contributed by atoms with van der Waals surface area (Å²) >= 11 is 7.46. The van der Waals surface area contributed by atoms with Gasteiger partial charge in [0.1, 0.15) is 6.61 Å². The highest BCUT2D eigenvalue weighted by Crippen LogP contribution is 2.35. The van der Waals surface area contributed by atoms with Gasteiger partial charge in [-0.25, -0.2) is 14.6 Å². The average molecular weight is 709 g/mol. The molecule has 0 saturated heterocycles. The molecule has 1 aliphatic heterocycles. The van der Waals surface area contributed by atoms with E-state index >= 15 is 0 Å². The van der Waals surface area contributed by atoms with Gasteiger partial charge in [0.05, 0.1) is 47.7 Å². The van der Waals surface area contributed by atoms with E-state index in [4.69, 9.17) is 35.5 Å². The molecule has 1 aliphatic rings. The van der Waals surface area contributed by atoms with Crippen molar-refractivity contribution in [1.82, 2.24) is 4.57 Å². The third kappa shape index (κ3) is 7.27. The van der Waals surface area contributed by atoms with Crippen LogP contribution in [-0.4, -0.2) is 36.8 Å². The second kappa shape index (κ2) is 15.4. The third-order valence-electron chi connectivity index (χ3n) is 7.90. The molecule has 11 heteroatoms. The summed E-state index contributed by atoms with van der Waals surface area (Å²) in [5.74, 6) is 0.0559. The van der Waals surface area contributed by atoms with Gasteiger partial charge in [0, 0.05) is 10.6 Å². The Bertz CT molecular complexity index is 2240. The van der Waals surface area contributed by atoms with Gasteiger partial charge in [0.25, 0.3) is 5.56 Å². The van der Waals surface area contributed by atoms with E-state index in [2.05, 4.69) is 0 Å². The minimum Gasteiger partial charge on any atom is -0.493 e. The molecule has 254 valence electrons. The summed E-state index contributed by atoms with van der Waals surface area (Å²) in [6.45, 7) is 4.21. The van der Waals surface area contributed by atoms with Crippen molar-refractivity contribution in [1.29, 1.82) is 0 Å². The van der Waals surface area contributed by atoms with E-state index in [9.17, 15) is 14.4 Å². The first kappa shape index (κ1) is 34.4. The van der Waals surface area contributed by atoms with E-state index in [-0.39, 0.29) is 30.3 Å². The van der Waals surface area contributed by atoms with Crippen LogP contribution in [0.2, 0.25) is 5.02 Å². The fourth-order valence-electron chi connectivity index (χ4n) is 5.56. The minimum absolute atomic E-state index is 0.158. The Kier molecular flexibility index (Phi) is 10.6. The number of rotatable bonds is 11. The van der Waals surface area contributed by atoms with Crippen LogP contribution in [0.3, 0.4) is 0 Å². The van der Waals surface area contributed by atoms with Crippen molar-refractivity contribution in [2.45, 2.75) is 26.5 Å². The van der Waals surface area contributed by atoms with Crippen LogP contribution in [0.25, 0.3) is 11.8 Å². The number of ether oxygens (including phenoxy) is 4. The minimum atomic E-state index is -0.809. The van der Waals surface area contributed by atoms with E-state index < -0.39 is 12.0 Å². The van der Waals surface area contributed by atoms with Gasteiger partial charge in [-0.1, -0.05) is 83.6 Å². The fraction of sp³-hybridized carbons (Fsp3) is 0.179. The zero-order valence-corrected chi connectivity index (χ0v) is 29.1. The molecule has 0 aliphatic carbocycles. The predicted molar refractivity (Wildman–Crippen MR) is 192 cm³/mol. The van der Waals surface area contributed by atoms with Crippen molar-refractivity contribution in [2.24, 2.45) is 4.99 Å². The van der Waals surface area contributed by atoms with Gasteiger partial charge in [-0.15, -0.1) is 0 Å². The number of hydrogen-bond donors (Lipinski definition) is 0. The third-order valence-corrected chi connectivity index (χ3v) is 9.14. The molecule has 0 saturated carbocycles. The molecule has 2 heterocycles. The van der Waals surface area contributed by atoms with Crippen molar-refractivity contribution >= 4 is 46.6 Å². The lowest BCUT2D eigenvalue weighted by Gasteiger charge is -2.25. The summed E-state index contributed by atoms with van der Waals surface area (Å²) in [7, 11) is 1.54. The Balaban J connectivity index is 1.38. The number of esters is 2. The fourth-order valence-corrected chi connectivity index (χ4v) is 6.68. The number of thiazole rings is 1. The van der Waals surface area contributed by atoms with Crippen LogP contribution in [0, 0.1) is 0 Å². The van der Waals surface area contributed by atoms with Crippen LogP contribution in [0.1, 0.15) is 52.5 Å². The summed E-state index contributed by atoms with van der Waals surface area (Å²) in [6.07, 6.45) is 1.76. The monoisotopic (exact) mass is 708 g/mol. The second-order valence-electron chi connectivity index (χ2n) is 11.1. The van der Waals surface area contributed by atoms with Crippen LogP contribution in [0.15, 0.2) is 112 Å². The molecule has 50 heavy (non-hydrogen) atoms. The number of fused-ring (bicyclic) bond motifs is 1. The van der Waals surface area contributed by atoms with Crippen molar-refractivity contribution in [3.63, 3.8) is 0 Å². The lowest BCUT2D eigenvalue weighted by atomic mass is 9.93. The molecule has 0 spiro atoms. The van der Waals surface area contributed by atoms with E-state index in [0.29, 0.717) is 54.8 Å². The normalized spacial score (nSPS) is 14.1. The summed E-state index contributed by atoms with van der Waals surface area (Å²) in [6, 6.07) is 28.0. The molecule has 0 bridgehead atoms. The van der Waals surface area contributed by atoms with E-state index in [0.717, 1.165) is 11.1 Å². The Morgan fingerprint density at radius 3 is 2.26 bits per heavy atom. The molecule has 1 atom stereocenters. The Hall–Kier alpha value is -5.45. The van der Waals surface area contributed by atoms with Crippen LogP contribution in [0.5, 0.6) is 11.5 Å². The van der Waals surface area contributed by atoms with E-state index in [1.54, 1.807) is 92.3 Å². The molecule has 0 unspecified atom stereocenters. The zero-order valence-electron chi connectivity index (χ0n) is 27.6. The number of halogens is 1. The summed E-state index contributed by atoms with van der Waals surface area (Å²) < 4.78 is 24.2. The van der Waals surface area contributed by atoms with Gasteiger partial charge in [0.15, 0.2) is 16.3 Å². The van der Waals surface area contributed by atoms with Crippen molar-refractivity contribution in [3.05, 3.63) is 155 Å². The SMILES string of the molecule is CCOC(=O)C1=C(c2ccccc2)N=c2s/c(=C\c3ccc(OCc4ccc(C(=O)OCC)cc4)c(OC)c3)c(=O)n2[C@@H]1c1ccc(Cl)cc1. The predicted octanol–water partition coefficient (Wildman–Crippen LogP) is 6.35. The number of benzene rings is 4. The van der Waals surface area contributed by atoms with Gasteiger partial charge < -0.3 is 18.9 Å². The number of carbonyl (C=O) groups excluding carboxylic acids is 2. The van der Waals surface area contributed by atoms with Crippen molar-refractivity contribution < 1.29 is 28.5 Å². The zero-order chi connectivity index (χ0) is 35.2. The van der Waals surface area contributed by atoms with Crippen LogP contribution in [0.4, 0.5) is 0 Å². The topological polar surface area (TPSA) is 105 Å². The van der Waals surface area contributed by atoms with Crippen LogP contribution >= 0.6 is 22.9 Å². The lowest BCUT2D eigenvalue weighted by molar-refractivity contribution is -0.138. The number of carbonyl (C=O) groups is 2. The first-order valence-corrected chi connectivity index (χ1v) is 17.1. The molecule has 9 nitrogen and oxygen atoms in total. The number of aromatic nitrogens is 1. The van der Waals surface area contributed by atoms with Gasteiger partial charge >= 0.3 is 11.9 Å². The summed E-state index contributed by atoms with van der Waals surface area (Å²) in [5.41, 5.74) is 3.83.